The standard InChI is InChI=1S/C14H18IN/c15-13-7-5-12(6-8-13)4-2-1-3-11-16-14-9-10-14/h1-2,5-8,14,16H,3-4,9-11H2. The minimum absolute atomic E-state index is 0.838. The van der Waals surface area contributed by atoms with E-state index in [1.165, 1.54) is 22.0 Å². The molecular formula is C14H18IN. The summed E-state index contributed by atoms with van der Waals surface area (Å²) in [5.74, 6) is 0. The Bertz CT molecular complexity index is 338. The molecule has 86 valence electrons. The van der Waals surface area contributed by atoms with Gasteiger partial charge in [0.05, 0.1) is 0 Å². The third-order valence-electron chi connectivity index (χ3n) is 2.75. The molecule has 1 saturated carbocycles. The van der Waals surface area contributed by atoms with Gasteiger partial charge in [-0.05, 0) is 72.5 Å². The maximum atomic E-state index is 3.51. The highest BCUT2D eigenvalue weighted by Gasteiger charge is 2.19. The number of hydrogen-bond donors (Lipinski definition) is 1. The second kappa shape index (κ2) is 6.40. The van der Waals surface area contributed by atoms with Gasteiger partial charge in [0.15, 0.2) is 0 Å². The summed E-state index contributed by atoms with van der Waals surface area (Å²) in [5.41, 5.74) is 1.40. The van der Waals surface area contributed by atoms with Crippen molar-refractivity contribution in [3.8, 4) is 0 Å². The Morgan fingerprint density at radius 1 is 1.19 bits per heavy atom. The van der Waals surface area contributed by atoms with Gasteiger partial charge in [0.25, 0.3) is 0 Å². The minimum atomic E-state index is 0.838. The fourth-order valence-electron chi connectivity index (χ4n) is 1.62. The van der Waals surface area contributed by atoms with Gasteiger partial charge in [-0.3, -0.25) is 0 Å². The van der Waals surface area contributed by atoms with E-state index in [1.807, 2.05) is 0 Å². The zero-order valence-corrected chi connectivity index (χ0v) is 11.6. The first kappa shape index (κ1) is 12.1. The van der Waals surface area contributed by atoms with Crippen molar-refractivity contribution in [2.45, 2.75) is 31.7 Å². The van der Waals surface area contributed by atoms with E-state index in [0.29, 0.717) is 0 Å². The minimum Gasteiger partial charge on any atom is -0.314 e. The van der Waals surface area contributed by atoms with Gasteiger partial charge in [-0.2, -0.15) is 0 Å². The van der Waals surface area contributed by atoms with E-state index in [0.717, 1.165) is 25.4 Å². The summed E-state index contributed by atoms with van der Waals surface area (Å²) >= 11 is 2.34. The number of halogens is 1. The zero-order valence-electron chi connectivity index (χ0n) is 9.45. The average molecular weight is 327 g/mol. The van der Waals surface area contributed by atoms with Crippen LogP contribution in [0.2, 0.25) is 0 Å². The highest BCUT2D eigenvalue weighted by molar-refractivity contribution is 14.1. The van der Waals surface area contributed by atoms with Crippen LogP contribution >= 0.6 is 22.6 Å². The first-order valence-corrected chi connectivity index (χ1v) is 7.05. The molecule has 0 radical (unpaired) electrons. The van der Waals surface area contributed by atoms with Crippen LogP contribution in [0.4, 0.5) is 0 Å². The van der Waals surface area contributed by atoms with Crippen LogP contribution in [0.25, 0.3) is 0 Å². The van der Waals surface area contributed by atoms with Gasteiger partial charge in [-0.25, -0.2) is 0 Å². The Labute approximate surface area is 111 Å². The summed E-state index contributed by atoms with van der Waals surface area (Å²) in [6.45, 7) is 1.13. The average Bonchev–Trinajstić information content (AvgIpc) is 3.10. The second-order valence-corrected chi connectivity index (χ2v) is 5.56. The molecule has 0 aliphatic heterocycles. The molecule has 2 rings (SSSR count). The first-order chi connectivity index (χ1) is 7.84. The molecule has 1 aliphatic carbocycles. The molecule has 1 N–H and O–H groups in total. The number of allylic oxidation sites excluding steroid dienone is 1. The van der Waals surface area contributed by atoms with Gasteiger partial charge < -0.3 is 5.32 Å². The number of benzene rings is 1. The van der Waals surface area contributed by atoms with Crippen molar-refractivity contribution in [3.63, 3.8) is 0 Å². The van der Waals surface area contributed by atoms with Crippen LogP contribution in [0.1, 0.15) is 24.8 Å². The maximum absolute atomic E-state index is 3.51. The Kier molecular flexibility index (Phi) is 4.85. The molecule has 16 heavy (non-hydrogen) atoms. The fourth-order valence-corrected chi connectivity index (χ4v) is 1.98. The Hall–Kier alpha value is -0.350. The molecule has 0 atom stereocenters. The predicted octanol–water partition coefficient (Wildman–Crippen LogP) is 3.53. The Balaban J connectivity index is 1.61. The van der Waals surface area contributed by atoms with E-state index in [4.69, 9.17) is 0 Å². The molecule has 0 aromatic heterocycles. The number of nitrogens with one attached hydrogen (secondary N) is 1. The number of hydrogen-bond acceptors (Lipinski definition) is 1. The monoisotopic (exact) mass is 327 g/mol. The summed E-state index contributed by atoms with van der Waals surface area (Å²) in [6, 6.07) is 9.57. The molecule has 0 amide bonds. The Morgan fingerprint density at radius 2 is 1.94 bits per heavy atom. The molecule has 2 heteroatoms. The molecule has 0 unspecified atom stereocenters. The third-order valence-corrected chi connectivity index (χ3v) is 3.47. The number of rotatable bonds is 6. The fraction of sp³-hybridized carbons (Fsp3) is 0.429. The van der Waals surface area contributed by atoms with Crippen molar-refractivity contribution in [2.24, 2.45) is 0 Å². The van der Waals surface area contributed by atoms with Crippen LogP contribution in [0, 0.1) is 3.57 Å². The lowest BCUT2D eigenvalue weighted by molar-refractivity contribution is 0.690. The van der Waals surface area contributed by atoms with E-state index in [-0.39, 0.29) is 0 Å². The van der Waals surface area contributed by atoms with Gasteiger partial charge in [0.1, 0.15) is 0 Å². The van der Waals surface area contributed by atoms with E-state index in [9.17, 15) is 0 Å². The van der Waals surface area contributed by atoms with Crippen molar-refractivity contribution in [3.05, 3.63) is 45.6 Å². The van der Waals surface area contributed by atoms with Crippen LogP contribution in [0.15, 0.2) is 36.4 Å². The molecule has 1 aliphatic rings. The van der Waals surface area contributed by atoms with Crippen molar-refractivity contribution >= 4 is 22.6 Å². The zero-order chi connectivity index (χ0) is 11.2. The van der Waals surface area contributed by atoms with Crippen LogP contribution in [-0.2, 0) is 6.42 Å². The largest absolute Gasteiger partial charge is 0.314 e. The van der Waals surface area contributed by atoms with Crippen LogP contribution < -0.4 is 5.32 Å². The first-order valence-electron chi connectivity index (χ1n) is 5.97. The smallest absolute Gasteiger partial charge is 0.0130 e. The second-order valence-electron chi connectivity index (χ2n) is 4.32. The summed E-state index contributed by atoms with van der Waals surface area (Å²) < 4.78 is 1.30. The summed E-state index contributed by atoms with van der Waals surface area (Å²) in [5, 5.41) is 3.51. The topological polar surface area (TPSA) is 12.0 Å². The van der Waals surface area contributed by atoms with Crippen LogP contribution in [0.5, 0.6) is 0 Å². The van der Waals surface area contributed by atoms with Gasteiger partial charge >= 0.3 is 0 Å². The quantitative estimate of drug-likeness (QED) is 0.479. The molecule has 1 nitrogen and oxygen atoms in total. The molecule has 1 aromatic rings. The molecule has 0 saturated heterocycles. The van der Waals surface area contributed by atoms with Gasteiger partial charge in [0.2, 0.25) is 0 Å². The lowest BCUT2D eigenvalue weighted by atomic mass is 10.1. The van der Waals surface area contributed by atoms with Crippen LogP contribution in [0.3, 0.4) is 0 Å². The van der Waals surface area contributed by atoms with E-state index < -0.39 is 0 Å². The van der Waals surface area contributed by atoms with E-state index in [2.05, 4.69) is 64.3 Å². The SMILES string of the molecule is Ic1ccc(CC=CCCNC2CC2)cc1. The van der Waals surface area contributed by atoms with Crippen LogP contribution in [-0.4, -0.2) is 12.6 Å². The van der Waals surface area contributed by atoms with Gasteiger partial charge in [-0.15, -0.1) is 0 Å². The molecule has 0 bridgehead atoms. The molecule has 1 aromatic carbocycles. The van der Waals surface area contributed by atoms with E-state index >= 15 is 0 Å². The molecular weight excluding hydrogens is 309 g/mol. The summed E-state index contributed by atoms with van der Waals surface area (Å²) in [7, 11) is 0. The van der Waals surface area contributed by atoms with E-state index in [1.54, 1.807) is 0 Å². The maximum Gasteiger partial charge on any atom is 0.0130 e. The Morgan fingerprint density at radius 3 is 2.62 bits per heavy atom. The molecule has 0 spiro atoms. The van der Waals surface area contributed by atoms with Crippen molar-refractivity contribution < 1.29 is 0 Å². The van der Waals surface area contributed by atoms with Gasteiger partial charge in [0, 0.05) is 9.61 Å². The van der Waals surface area contributed by atoms with Gasteiger partial charge in [-0.1, -0.05) is 24.3 Å². The molecule has 0 heterocycles. The van der Waals surface area contributed by atoms with Crippen molar-refractivity contribution in [2.75, 3.05) is 6.54 Å². The highest BCUT2D eigenvalue weighted by Crippen LogP contribution is 2.18. The highest BCUT2D eigenvalue weighted by atomic mass is 127. The lowest BCUT2D eigenvalue weighted by Gasteiger charge is -1.98. The predicted molar refractivity (Wildman–Crippen MR) is 77.6 cm³/mol. The lowest BCUT2D eigenvalue weighted by Crippen LogP contribution is -2.16. The summed E-state index contributed by atoms with van der Waals surface area (Å²) in [4.78, 5) is 0. The molecule has 1 fully saturated rings. The normalized spacial score (nSPS) is 15.8. The third kappa shape index (κ3) is 4.66. The summed E-state index contributed by atoms with van der Waals surface area (Å²) in [6.07, 6.45) is 9.53. The van der Waals surface area contributed by atoms with Crippen molar-refractivity contribution in [1.29, 1.82) is 0 Å². The van der Waals surface area contributed by atoms with Crippen molar-refractivity contribution in [1.82, 2.24) is 5.32 Å².